The summed E-state index contributed by atoms with van der Waals surface area (Å²) in [7, 11) is 1.81. The summed E-state index contributed by atoms with van der Waals surface area (Å²) in [5.74, 6) is 0.626. The average molecular weight is 667 g/mol. The molecular formula is C25H23I2N3O3. The number of hydrogen-bond acceptors (Lipinski definition) is 4. The van der Waals surface area contributed by atoms with Crippen molar-refractivity contribution >= 4 is 63.1 Å². The van der Waals surface area contributed by atoms with Crippen molar-refractivity contribution in [3.63, 3.8) is 0 Å². The lowest BCUT2D eigenvalue weighted by molar-refractivity contribution is -0.115. The molecular weight excluding hydrogens is 644 g/mol. The van der Waals surface area contributed by atoms with E-state index in [1.54, 1.807) is 4.68 Å². The molecule has 1 unspecified atom stereocenters. The van der Waals surface area contributed by atoms with Crippen LogP contribution in [0.2, 0.25) is 0 Å². The highest BCUT2D eigenvalue weighted by atomic mass is 127. The Hall–Kier alpha value is -2.21. The van der Waals surface area contributed by atoms with Gasteiger partial charge in [0.05, 0.1) is 5.56 Å². The normalized spacial score (nSPS) is 16.5. The molecule has 0 spiro atoms. The maximum Gasteiger partial charge on any atom is 0.270 e. The molecule has 5 rings (SSSR count). The predicted octanol–water partition coefficient (Wildman–Crippen LogP) is 5.21. The minimum absolute atomic E-state index is 0.137. The minimum atomic E-state index is -0.282. The zero-order valence-corrected chi connectivity index (χ0v) is 22.8. The fourth-order valence-electron chi connectivity index (χ4n) is 4.21. The van der Waals surface area contributed by atoms with Gasteiger partial charge in [-0.1, -0.05) is 24.3 Å². The molecule has 3 aromatic rings. The quantitative estimate of drug-likeness (QED) is 0.291. The van der Waals surface area contributed by atoms with Crippen molar-refractivity contribution in [2.24, 2.45) is 7.05 Å². The summed E-state index contributed by atoms with van der Waals surface area (Å²) in [6, 6.07) is 11.8. The van der Waals surface area contributed by atoms with E-state index in [-0.39, 0.29) is 17.3 Å². The summed E-state index contributed by atoms with van der Waals surface area (Å²) in [6.45, 7) is 4.08. The predicted molar refractivity (Wildman–Crippen MR) is 146 cm³/mol. The third-order valence-electron chi connectivity index (χ3n) is 6.04. The number of benzene rings is 2. The molecule has 2 heterocycles. The number of anilines is 1. The third kappa shape index (κ3) is 4.59. The van der Waals surface area contributed by atoms with Gasteiger partial charge in [-0.05, 0) is 94.3 Å². The lowest BCUT2D eigenvalue weighted by Crippen LogP contribution is -2.23. The molecule has 0 amide bonds. The van der Waals surface area contributed by atoms with Gasteiger partial charge in [-0.15, -0.1) is 0 Å². The largest absolute Gasteiger partial charge is 0.343 e. The number of halogens is 2. The second-order valence-electron chi connectivity index (χ2n) is 8.27. The van der Waals surface area contributed by atoms with Gasteiger partial charge in [0.15, 0.2) is 5.78 Å². The Bertz CT molecular complexity index is 1370. The summed E-state index contributed by atoms with van der Waals surface area (Å²) in [5.41, 5.74) is 6.37. The van der Waals surface area contributed by atoms with Crippen LogP contribution in [0, 0.1) is 21.0 Å². The summed E-state index contributed by atoms with van der Waals surface area (Å²) < 4.78 is 3.98. The van der Waals surface area contributed by atoms with Crippen molar-refractivity contribution in [3.8, 4) is 0 Å². The molecule has 2 aliphatic rings. The first-order valence-corrected chi connectivity index (χ1v) is 12.7. The number of fused-ring (bicyclic) bond motifs is 1. The number of hydrogen-bond donors (Lipinski definition) is 2. The van der Waals surface area contributed by atoms with Crippen LogP contribution < -0.4 is 10.9 Å². The molecule has 0 fully saturated rings. The molecule has 33 heavy (non-hydrogen) atoms. The Morgan fingerprint density at radius 1 is 1.00 bits per heavy atom. The number of ketones is 1. The standard InChI is InChI=1S/C17H16IN3O2.C8H7IO/c1-8-3-4-9(7-10(8)18)13-14-11(5-6-12(14)22)19-16-15(13)17(23)20-21(16)2;1-6-2-3-7(5-10)4-8(6)9/h3-4,7,13,19H,5-6H2,1-2H3,(H,20,23);2-5H,1H3. The van der Waals surface area contributed by atoms with Gasteiger partial charge in [0.2, 0.25) is 0 Å². The van der Waals surface area contributed by atoms with Gasteiger partial charge in [0, 0.05) is 43.4 Å². The number of aromatic amines is 1. The molecule has 2 aromatic carbocycles. The lowest BCUT2D eigenvalue weighted by atomic mass is 9.82. The van der Waals surface area contributed by atoms with Crippen molar-refractivity contribution in [1.82, 2.24) is 9.78 Å². The molecule has 0 saturated carbocycles. The summed E-state index contributed by atoms with van der Waals surface area (Å²) in [6.07, 6.45) is 2.09. The molecule has 0 radical (unpaired) electrons. The summed E-state index contributed by atoms with van der Waals surface area (Å²) >= 11 is 4.51. The van der Waals surface area contributed by atoms with E-state index in [2.05, 4.69) is 74.7 Å². The van der Waals surface area contributed by atoms with Crippen LogP contribution in [0.1, 0.15) is 51.4 Å². The first-order valence-electron chi connectivity index (χ1n) is 10.5. The highest BCUT2D eigenvalue weighted by Gasteiger charge is 2.39. The van der Waals surface area contributed by atoms with Crippen LogP contribution in [0.5, 0.6) is 0 Å². The number of carbonyl (C=O) groups excluding carboxylic acids is 2. The second kappa shape index (κ2) is 9.57. The lowest BCUT2D eigenvalue weighted by Gasteiger charge is -2.26. The Labute approximate surface area is 219 Å². The van der Waals surface area contributed by atoms with Crippen LogP contribution in [0.25, 0.3) is 0 Å². The first-order chi connectivity index (χ1) is 15.7. The fraction of sp³-hybridized carbons (Fsp3) is 0.240. The number of aryl methyl sites for hydroxylation is 3. The van der Waals surface area contributed by atoms with Crippen LogP contribution >= 0.6 is 45.2 Å². The van der Waals surface area contributed by atoms with Crippen molar-refractivity contribution in [3.05, 3.63) is 93.0 Å². The number of rotatable bonds is 2. The number of Topliss-reactive ketones (excluding diaryl/α,β-unsaturated/α-hetero) is 1. The van der Waals surface area contributed by atoms with E-state index in [1.807, 2.05) is 38.2 Å². The van der Waals surface area contributed by atoms with Gasteiger partial charge < -0.3 is 5.32 Å². The van der Waals surface area contributed by atoms with Gasteiger partial charge in [-0.25, -0.2) is 0 Å². The summed E-state index contributed by atoms with van der Waals surface area (Å²) in [5, 5.41) is 6.10. The highest BCUT2D eigenvalue weighted by Crippen LogP contribution is 2.44. The molecule has 170 valence electrons. The van der Waals surface area contributed by atoms with E-state index < -0.39 is 0 Å². The summed E-state index contributed by atoms with van der Waals surface area (Å²) in [4.78, 5) is 35.2. The number of aldehydes is 1. The Kier molecular flexibility index (Phi) is 6.94. The molecule has 1 aliphatic carbocycles. The topological polar surface area (TPSA) is 84.0 Å². The monoisotopic (exact) mass is 667 g/mol. The molecule has 1 aliphatic heterocycles. The molecule has 1 aromatic heterocycles. The maximum absolute atomic E-state index is 12.5. The van der Waals surface area contributed by atoms with E-state index in [0.717, 1.165) is 41.6 Å². The van der Waals surface area contributed by atoms with Gasteiger partial charge in [-0.3, -0.25) is 24.2 Å². The van der Waals surface area contributed by atoms with E-state index >= 15 is 0 Å². The van der Waals surface area contributed by atoms with Gasteiger partial charge in [-0.2, -0.15) is 0 Å². The third-order valence-corrected chi connectivity index (χ3v) is 8.36. The molecule has 8 heteroatoms. The van der Waals surface area contributed by atoms with Gasteiger partial charge >= 0.3 is 0 Å². The van der Waals surface area contributed by atoms with Crippen LogP contribution in [-0.4, -0.2) is 21.8 Å². The Balaban J connectivity index is 0.000000219. The minimum Gasteiger partial charge on any atom is -0.343 e. The SMILES string of the molecule is Cc1ccc(C2C3=C(CCC3=O)Nc3c2c(=O)[nH]n3C)cc1I.Cc1ccc(C=O)cc1I. The number of nitrogens with one attached hydrogen (secondary N) is 2. The Morgan fingerprint density at radius 3 is 2.30 bits per heavy atom. The van der Waals surface area contributed by atoms with E-state index in [9.17, 15) is 14.4 Å². The fourth-order valence-corrected chi connectivity index (χ4v) is 5.29. The van der Waals surface area contributed by atoms with Crippen LogP contribution in [0.3, 0.4) is 0 Å². The smallest absolute Gasteiger partial charge is 0.270 e. The molecule has 6 nitrogen and oxygen atoms in total. The van der Waals surface area contributed by atoms with Crippen LogP contribution in [0.15, 0.2) is 52.5 Å². The Morgan fingerprint density at radius 2 is 1.67 bits per heavy atom. The van der Waals surface area contributed by atoms with Crippen molar-refractivity contribution in [2.75, 3.05) is 5.32 Å². The number of allylic oxidation sites excluding steroid dienone is 2. The van der Waals surface area contributed by atoms with Crippen molar-refractivity contribution < 1.29 is 9.59 Å². The molecule has 0 saturated heterocycles. The zero-order valence-electron chi connectivity index (χ0n) is 18.5. The molecule has 1 atom stereocenters. The van der Waals surface area contributed by atoms with Crippen LogP contribution in [0.4, 0.5) is 5.82 Å². The second-order valence-corrected chi connectivity index (χ2v) is 10.6. The van der Waals surface area contributed by atoms with E-state index in [4.69, 9.17) is 0 Å². The van der Waals surface area contributed by atoms with E-state index in [1.165, 1.54) is 11.1 Å². The zero-order chi connectivity index (χ0) is 23.9. The van der Waals surface area contributed by atoms with E-state index in [0.29, 0.717) is 18.4 Å². The number of nitrogens with zero attached hydrogens (tertiary/aromatic N) is 1. The molecule has 2 N–H and O–H groups in total. The number of aromatic nitrogens is 2. The average Bonchev–Trinajstić information content (AvgIpc) is 3.30. The molecule has 0 bridgehead atoms. The highest BCUT2D eigenvalue weighted by molar-refractivity contribution is 14.1. The first kappa shape index (κ1) is 23.9. The van der Waals surface area contributed by atoms with Gasteiger partial charge in [0.25, 0.3) is 5.56 Å². The van der Waals surface area contributed by atoms with Crippen LogP contribution in [-0.2, 0) is 11.8 Å². The maximum atomic E-state index is 12.5. The van der Waals surface area contributed by atoms with Crippen molar-refractivity contribution in [2.45, 2.75) is 32.6 Å². The van der Waals surface area contributed by atoms with Crippen molar-refractivity contribution in [1.29, 1.82) is 0 Å². The van der Waals surface area contributed by atoms with Gasteiger partial charge in [0.1, 0.15) is 12.1 Å². The number of carbonyl (C=O) groups is 2. The number of H-pyrrole nitrogens is 1.